The number of ether oxygens (including phenoxy) is 2. The van der Waals surface area contributed by atoms with E-state index in [0.29, 0.717) is 35.3 Å². The number of rotatable bonds is 10. The fraction of sp³-hybridized carbons (Fsp3) is 0.207. The Hall–Kier alpha value is -5.39. The van der Waals surface area contributed by atoms with Gasteiger partial charge in [0.25, 0.3) is 17.8 Å². The molecule has 41 heavy (non-hydrogen) atoms. The third kappa shape index (κ3) is 5.02. The quantitative estimate of drug-likeness (QED) is 0.189. The lowest BCUT2D eigenvalue weighted by molar-refractivity contribution is 0.0525. The van der Waals surface area contributed by atoms with E-state index in [-0.39, 0.29) is 49.0 Å². The zero-order chi connectivity index (χ0) is 28.3. The van der Waals surface area contributed by atoms with Crippen molar-refractivity contribution in [2.45, 2.75) is 26.5 Å². The maximum absolute atomic E-state index is 12.7. The van der Waals surface area contributed by atoms with E-state index in [4.69, 9.17) is 9.47 Å². The molecule has 12 heteroatoms. The van der Waals surface area contributed by atoms with E-state index in [1.165, 1.54) is 22.0 Å². The van der Waals surface area contributed by atoms with Crippen molar-refractivity contribution in [2.24, 2.45) is 0 Å². The molecule has 1 aliphatic rings. The SMILES string of the molecule is CCOC(=O)c1cnn(-c2nc(OCc3ccccc3)c3c(ncn3CCCN3C(=O)c4ccccc4C3=O)n2)c1. The summed E-state index contributed by atoms with van der Waals surface area (Å²) in [7, 11) is 0. The number of aromatic nitrogens is 6. The van der Waals surface area contributed by atoms with Gasteiger partial charge >= 0.3 is 5.97 Å². The predicted molar refractivity (Wildman–Crippen MR) is 146 cm³/mol. The van der Waals surface area contributed by atoms with Crippen molar-refractivity contribution in [2.75, 3.05) is 13.2 Å². The van der Waals surface area contributed by atoms with Gasteiger partial charge in [0.2, 0.25) is 5.88 Å². The first-order valence-electron chi connectivity index (χ1n) is 13.1. The molecule has 0 saturated heterocycles. The number of esters is 1. The predicted octanol–water partition coefficient (Wildman–Crippen LogP) is 3.45. The second-order valence-electron chi connectivity index (χ2n) is 9.27. The fourth-order valence-electron chi connectivity index (χ4n) is 4.63. The Morgan fingerprint density at radius 2 is 1.66 bits per heavy atom. The van der Waals surface area contributed by atoms with Crippen LogP contribution in [0.3, 0.4) is 0 Å². The molecule has 0 radical (unpaired) electrons. The van der Waals surface area contributed by atoms with Crippen LogP contribution in [0.2, 0.25) is 0 Å². The Morgan fingerprint density at radius 1 is 0.927 bits per heavy atom. The van der Waals surface area contributed by atoms with Gasteiger partial charge in [-0.05, 0) is 31.0 Å². The van der Waals surface area contributed by atoms with Crippen LogP contribution >= 0.6 is 0 Å². The van der Waals surface area contributed by atoms with Crippen molar-refractivity contribution >= 4 is 28.9 Å². The van der Waals surface area contributed by atoms with Gasteiger partial charge in [-0.15, -0.1) is 0 Å². The number of hydrogen-bond donors (Lipinski definition) is 0. The molecule has 2 aromatic carbocycles. The average Bonchev–Trinajstić information content (AvgIpc) is 3.71. The number of carbonyl (C=O) groups excluding carboxylic acids is 3. The van der Waals surface area contributed by atoms with Crippen molar-refractivity contribution in [1.82, 2.24) is 34.2 Å². The highest BCUT2D eigenvalue weighted by Gasteiger charge is 2.34. The Bertz CT molecular complexity index is 1730. The molecular weight excluding hydrogens is 526 g/mol. The molecule has 0 spiro atoms. The first-order chi connectivity index (χ1) is 20.0. The van der Waals surface area contributed by atoms with Gasteiger partial charge in [0.15, 0.2) is 11.2 Å². The van der Waals surface area contributed by atoms with Crippen LogP contribution in [-0.4, -0.2) is 65.1 Å². The number of imide groups is 1. The van der Waals surface area contributed by atoms with E-state index in [1.807, 2.05) is 34.9 Å². The van der Waals surface area contributed by atoms with E-state index in [0.717, 1.165) is 5.56 Å². The summed E-state index contributed by atoms with van der Waals surface area (Å²) in [5.74, 6) is -0.625. The molecule has 3 aromatic heterocycles. The molecule has 0 fully saturated rings. The van der Waals surface area contributed by atoms with Crippen LogP contribution in [0.25, 0.3) is 17.1 Å². The van der Waals surface area contributed by atoms with Crippen LogP contribution in [-0.2, 0) is 17.9 Å². The number of carbonyl (C=O) groups is 3. The minimum Gasteiger partial charge on any atom is -0.471 e. The molecule has 2 amide bonds. The summed E-state index contributed by atoms with van der Waals surface area (Å²) in [6.07, 6.45) is 4.97. The molecule has 0 unspecified atom stereocenters. The third-order valence-electron chi connectivity index (χ3n) is 6.60. The van der Waals surface area contributed by atoms with Crippen LogP contribution in [0.5, 0.6) is 5.88 Å². The number of imidazole rings is 1. The zero-order valence-corrected chi connectivity index (χ0v) is 22.1. The van der Waals surface area contributed by atoms with E-state index in [2.05, 4.69) is 20.1 Å². The minimum atomic E-state index is -0.497. The summed E-state index contributed by atoms with van der Waals surface area (Å²) >= 11 is 0. The average molecular weight is 552 g/mol. The second-order valence-corrected chi connectivity index (χ2v) is 9.27. The molecule has 12 nitrogen and oxygen atoms in total. The molecule has 1 aliphatic heterocycles. The molecule has 5 aromatic rings. The van der Waals surface area contributed by atoms with Gasteiger partial charge < -0.3 is 14.0 Å². The van der Waals surface area contributed by atoms with Crippen LogP contribution in [0.1, 0.15) is 50.0 Å². The van der Waals surface area contributed by atoms with Crippen LogP contribution < -0.4 is 4.74 Å². The smallest absolute Gasteiger partial charge is 0.341 e. The van der Waals surface area contributed by atoms with Crippen molar-refractivity contribution in [3.63, 3.8) is 0 Å². The second kappa shape index (κ2) is 11.0. The molecular formula is C29H25N7O5. The topological polar surface area (TPSA) is 134 Å². The number of aryl methyl sites for hydroxylation is 1. The van der Waals surface area contributed by atoms with Gasteiger partial charge in [-0.25, -0.2) is 14.5 Å². The maximum atomic E-state index is 12.7. The fourth-order valence-corrected chi connectivity index (χ4v) is 4.63. The first kappa shape index (κ1) is 25.9. The summed E-state index contributed by atoms with van der Waals surface area (Å²) < 4.78 is 14.4. The monoisotopic (exact) mass is 551 g/mol. The molecule has 0 N–H and O–H groups in total. The van der Waals surface area contributed by atoms with Crippen molar-refractivity contribution in [3.05, 3.63) is 95.6 Å². The third-order valence-corrected chi connectivity index (χ3v) is 6.60. The standard InChI is InChI=1S/C29H25N7O5/c1-2-40-28(39)20-15-31-36(16-20)29-32-24-23(25(33-29)41-17-19-9-4-3-5-10-19)34(18-30-24)13-8-14-35-26(37)21-11-6-7-12-22(21)27(35)38/h3-7,9-12,15-16,18H,2,8,13-14,17H2,1H3. The number of hydrogen-bond acceptors (Lipinski definition) is 9. The highest BCUT2D eigenvalue weighted by Crippen LogP contribution is 2.26. The van der Waals surface area contributed by atoms with Crippen LogP contribution in [0.15, 0.2) is 73.3 Å². The largest absolute Gasteiger partial charge is 0.471 e. The van der Waals surface area contributed by atoms with E-state index >= 15 is 0 Å². The number of nitrogens with zero attached hydrogens (tertiary/aromatic N) is 7. The summed E-state index contributed by atoms with van der Waals surface area (Å²) in [5.41, 5.74) is 2.99. The molecule has 0 atom stereocenters. The normalized spacial score (nSPS) is 12.7. The highest BCUT2D eigenvalue weighted by molar-refractivity contribution is 6.21. The molecule has 0 bridgehead atoms. The lowest BCUT2D eigenvalue weighted by Gasteiger charge is -2.14. The number of fused-ring (bicyclic) bond motifs is 2. The van der Waals surface area contributed by atoms with E-state index < -0.39 is 5.97 Å². The highest BCUT2D eigenvalue weighted by atomic mass is 16.5. The lowest BCUT2D eigenvalue weighted by atomic mass is 10.1. The summed E-state index contributed by atoms with van der Waals surface area (Å²) in [5, 5.41) is 4.22. The van der Waals surface area contributed by atoms with Crippen LogP contribution in [0, 0.1) is 0 Å². The van der Waals surface area contributed by atoms with Crippen molar-refractivity contribution < 1.29 is 23.9 Å². The Labute approximate surface area is 234 Å². The molecule has 6 rings (SSSR count). The first-order valence-corrected chi connectivity index (χ1v) is 13.1. The molecule has 4 heterocycles. The van der Waals surface area contributed by atoms with Crippen molar-refractivity contribution in [1.29, 1.82) is 0 Å². The summed E-state index contributed by atoms with van der Waals surface area (Å²) in [4.78, 5) is 52.5. The van der Waals surface area contributed by atoms with Gasteiger partial charge in [-0.1, -0.05) is 42.5 Å². The van der Waals surface area contributed by atoms with Crippen molar-refractivity contribution in [3.8, 4) is 11.8 Å². The van der Waals surface area contributed by atoms with E-state index in [9.17, 15) is 14.4 Å². The minimum absolute atomic E-state index is 0.174. The van der Waals surface area contributed by atoms with Gasteiger partial charge in [-0.3, -0.25) is 14.5 Å². The Kier molecular flexibility index (Phi) is 6.94. The molecule has 0 saturated carbocycles. The Balaban J connectivity index is 1.26. The number of benzene rings is 2. The lowest BCUT2D eigenvalue weighted by Crippen LogP contribution is -2.31. The molecule has 0 aliphatic carbocycles. The summed E-state index contributed by atoms with van der Waals surface area (Å²) in [6.45, 7) is 2.90. The van der Waals surface area contributed by atoms with Gasteiger partial charge in [0.1, 0.15) is 6.61 Å². The van der Waals surface area contributed by atoms with Gasteiger partial charge in [0.05, 0.1) is 35.8 Å². The summed E-state index contributed by atoms with van der Waals surface area (Å²) in [6, 6.07) is 16.5. The zero-order valence-electron chi connectivity index (χ0n) is 22.1. The Morgan fingerprint density at radius 3 is 2.39 bits per heavy atom. The van der Waals surface area contributed by atoms with Crippen LogP contribution in [0.4, 0.5) is 0 Å². The number of amides is 2. The van der Waals surface area contributed by atoms with Gasteiger partial charge in [-0.2, -0.15) is 15.1 Å². The van der Waals surface area contributed by atoms with E-state index in [1.54, 1.807) is 37.5 Å². The molecule has 206 valence electrons. The maximum Gasteiger partial charge on any atom is 0.341 e. The van der Waals surface area contributed by atoms with Gasteiger partial charge in [0, 0.05) is 19.3 Å².